The highest BCUT2D eigenvalue weighted by Crippen LogP contribution is 2.29. The van der Waals surface area contributed by atoms with Gasteiger partial charge in [-0.1, -0.05) is 11.6 Å². The van der Waals surface area contributed by atoms with Crippen LogP contribution in [0.25, 0.3) is 0 Å². The molecule has 0 saturated heterocycles. The molecule has 0 N–H and O–H groups in total. The van der Waals surface area contributed by atoms with Crippen molar-refractivity contribution in [1.29, 1.82) is 0 Å². The van der Waals surface area contributed by atoms with E-state index in [0.717, 1.165) is 16.6 Å². The highest BCUT2D eigenvalue weighted by molar-refractivity contribution is 8.02. The van der Waals surface area contributed by atoms with Gasteiger partial charge in [-0.15, -0.1) is 11.8 Å². The van der Waals surface area contributed by atoms with E-state index in [1.54, 1.807) is 30.2 Å². The lowest BCUT2D eigenvalue weighted by atomic mass is 10.4. The van der Waals surface area contributed by atoms with E-state index in [1.165, 1.54) is 0 Å². The number of hydrogen-bond acceptors (Lipinski definition) is 3. The standard InChI is InChI=1S/C8H7ClN2S/c9-7-1-2-10-5-8(7)11-3-4-12-6-11/h1-5H,6H2. The summed E-state index contributed by atoms with van der Waals surface area (Å²) in [5.74, 6) is 0.922. The van der Waals surface area contributed by atoms with Gasteiger partial charge in [-0.05, 0) is 11.5 Å². The first-order chi connectivity index (χ1) is 5.88. The predicted octanol–water partition coefficient (Wildman–Crippen LogP) is 2.72. The molecule has 2 nitrogen and oxygen atoms in total. The molecule has 62 valence electrons. The molecule has 0 bridgehead atoms. The average Bonchev–Trinajstić information content (AvgIpc) is 2.57. The Kier molecular flexibility index (Phi) is 2.23. The van der Waals surface area contributed by atoms with E-state index < -0.39 is 0 Å². The zero-order chi connectivity index (χ0) is 8.39. The van der Waals surface area contributed by atoms with Gasteiger partial charge >= 0.3 is 0 Å². The van der Waals surface area contributed by atoms with Crippen LogP contribution in [-0.2, 0) is 0 Å². The fraction of sp³-hybridized carbons (Fsp3) is 0.125. The lowest BCUT2D eigenvalue weighted by molar-refractivity contribution is 1.16. The van der Waals surface area contributed by atoms with Crippen molar-refractivity contribution in [2.24, 2.45) is 0 Å². The first-order valence-corrected chi connectivity index (χ1v) is 4.95. The quantitative estimate of drug-likeness (QED) is 0.691. The lowest BCUT2D eigenvalue weighted by Crippen LogP contribution is -2.11. The summed E-state index contributed by atoms with van der Waals surface area (Å²) in [6, 6.07) is 1.80. The second kappa shape index (κ2) is 3.37. The molecule has 1 aromatic rings. The topological polar surface area (TPSA) is 16.1 Å². The molecule has 4 heteroatoms. The number of thioether (sulfide) groups is 1. The number of anilines is 1. The largest absolute Gasteiger partial charge is 0.335 e. The molecule has 2 heterocycles. The molecule has 2 rings (SSSR count). The molecule has 0 saturated carbocycles. The van der Waals surface area contributed by atoms with Gasteiger partial charge in [0.25, 0.3) is 0 Å². The zero-order valence-electron chi connectivity index (χ0n) is 6.27. The molecule has 0 amide bonds. The van der Waals surface area contributed by atoms with Gasteiger partial charge < -0.3 is 4.90 Å². The molecule has 0 atom stereocenters. The first-order valence-electron chi connectivity index (χ1n) is 3.52. The van der Waals surface area contributed by atoms with Gasteiger partial charge in [0.2, 0.25) is 0 Å². The van der Waals surface area contributed by atoms with E-state index in [1.807, 2.05) is 11.6 Å². The fourth-order valence-electron chi connectivity index (χ4n) is 1.01. The van der Waals surface area contributed by atoms with Gasteiger partial charge in [0.1, 0.15) is 0 Å². The minimum absolute atomic E-state index is 0.747. The van der Waals surface area contributed by atoms with Crippen molar-refractivity contribution in [3.8, 4) is 0 Å². The third-order valence-corrected chi connectivity index (χ3v) is 2.67. The summed E-state index contributed by atoms with van der Waals surface area (Å²) in [5, 5.41) is 2.79. The molecule has 1 aromatic heterocycles. The van der Waals surface area contributed by atoms with Crippen LogP contribution in [0, 0.1) is 0 Å². The van der Waals surface area contributed by atoms with E-state index in [-0.39, 0.29) is 0 Å². The minimum atomic E-state index is 0.747. The maximum Gasteiger partial charge on any atom is 0.0789 e. The summed E-state index contributed by atoms with van der Waals surface area (Å²) < 4.78 is 0. The SMILES string of the molecule is Clc1ccncc1N1C=CSC1. The van der Waals surface area contributed by atoms with E-state index in [0.29, 0.717) is 0 Å². The predicted molar refractivity (Wildman–Crippen MR) is 53.3 cm³/mol. The molecule has 0 fully saturated rings. The Hall–Kier alpha value is -0.670. The summed E-state index contributed by atoms with van der Waals surface area (Å²) in [5.41, 5.74) is 0.973. The normalized spacial score (nSPS) is 15.6. The second-order valence-corrected chi connectivity index (χ2v) is 3.65. The van der Waals surface area contributed by atoms with Crippen LogP contribution >= 0.6 is 23.4 Å². The molecule has 0 radical (unpaired) electrons. The summed E-state index contributed by atoms with van der Waals surface area (Å²) >= 11 is 7.72. The Labute approximate surface area is 80.2 Å². The number of aromatic nitrogens is 1. The van der Waals surface area contributed by atoms with Gasteiger partial charge in [0, 0.05) is 12.4 Å². The van der Waals surface area contributed by atoms with Crippen molar-refractivity contribution in [3.05, 3.63) is 35.1 Å². The lowest BCUT2D eigenvalue weighted by Gasteiger charge is -2.14. The molecule has 1 aliphatic heterocycles. The number of hydrogen-bond donors (Lipinski definition) is 0. The van der Waals surface area contributed by atoms with Crippen molar-refractivity contribution >= 4 is 29.1 Å². The molecule has 0 unspecified atom stereocenters. The van der Waals surface area contributed by atoms with Crippen molar-refractivity contribution < 1.29 is 0 Å². The summed E-state index contributed by atoms with van der Waals surface area (Å²) in [4.78, 5) is 6.09. The van der Waals surface area contributed by atoms with Crippen LogP contribution in [0.1, 0.15) is 0 Å². The average molecular weight is 199 g/mol. The monoisotopic (exact) mass is 198 g/mol. The van der Waals surface area contributed by atoms with Gasteiger partial charge in [0.05, 0.1) is 22.8 Å². The smallest absolute Gasteiger partial charge is 0.0789 e. The van der Waals surface area contributed by atoms with Crippen LogP contribution in [0.2, 0.25) is 5.02 Å². The minimum Gasteiger partial charge on any atom is -0.335 e. The molecular formula is C8H7ClN2S. The highest BCUT2D eigenvalue weighted by Gasteiger charge is 2.10. The van der Waals surface area contributed by atoms with Crippen LogP contribution in [0.3, 0.4) is 0 Å². The molecule has 12 heavy (non-hydrogen) atoms. The van der Waals surface area contributed by atoms with Crippen molar-refractivity contribution in [2.75, 3.05) is 10.8 Å². The maximum absolute atomic E-state index is 5.98. The molecule has 0 spiro atoms. The number of pyridine rings is 1. The van der Waals surface area contributed by atoms with Crippen LogP contribution in [-0.4, -0.2) is 10.9 Å². The van der Waals surface area contributed by atoms with Crippen LogP contribution in [0.15, 0.2) is 30.1 Å². The zero-order valence-corrected chi connectivity index (χ0v) is 7.85. The molecular weight excluding hydrogens is 192 g/mol. The third kappa shape index (κ3) is 1.42. The fourth-order valence-corrected chi connectivity index (χ4v) is 1.93. The number of halogens is 1. The Morgan fingerprint density at radius 2 is 2.50 bits per heavy atom. The van der Waals surface area contributed by atoms with Crippen LogP contribution < -0.4 is 4.90 Å². The van der Waals surface area contributed by atoms with Crippen LogP contribution in [0.5, 0.6) is 0 Å². The van der Waals surface area contributed by atoms with Gasteiger partial charge in [-0.2, -0.15) is 0 Å². The first kappa shape index (κ1) is 7.95. The van der Waals surface area contributed by atoms with Crippen LogP contribution in [0.4, 0.5) is 5.69 Å². The van der Waals surface area contributed by atoms with E-state index >= 15 is 0 Å². The van der Waals surface area contributed by atoms with E-state index in [9.17, 15) is 0 Å². The Balaban J connectivity index is 2.33. The molecule has 1 aliphatic rings. The summed E-state index contributed by atoms with van der Waals surface area (Å²) in [7, 11) is 0. The van der Waals surface area contributed by atoms with Crippen molar-refractivity contribution in [2.45, 2.75) is 0 Å². The summed E-state index contributed by atoms with van der Waals surface area (Å²) in [6.07, 6.45) is 5.48. The second-order valence-electron chi connectivity index (χ2n) is 2.38. The highest BCUT2D eigenvalue weighted by atomic mass is 35.5. The molecule has 0 aromatic carbocycles. The molecule has 0 aliphatic carbocycles. The Morgan fingerprint density at radius 3 is 3.17 bits per heavy atom. The van der Waals surface area contributed by atoms with E-state index in [2.05, 4.69) is 9.88 Å². The Bertz CT molecular complexity index is 314. The van der Waals surface area contributed by atoms with Crippen molar-refractivity contribution in [1.82, 2.24) is 4.98 Å². The van der Waals surface area contributed by atoms with Gasteiger partial charge in [0.15, 0.2) is 0 Å². The third-order valence-electron chi connectivity index (χ3n) is 1.61. The summed E-state index contributed by atoms with van der Waals surface area (Å²) in [6.45, 7) is 0. The van der Waals surface area contributed by atoms with E-state index in [4.69, 9.17) is 11.6 Å². The Morgan fingerprint density at radius 1 is 1.58 bits per heavy atom. The number of rotatable bonds is 1. The number of nitrogens with zero attached hydrogens (tertiary/aromatic N) is 2. The van der Waals surface area contributed by atoms with Crippen molar-refractivity contribution in [3.63, 3.8) is 0 Å². The van der Waals surface area contributed by atoms with Gasteiger partial charge in [-0.3, -0.25) is 4.98 Å². The van der Waals surface area contributed by atoms with Gasteiger partial charge in [-0.25, -0.2) is 0 Å². The maximum atomic E-state index is 5.98.